The molecule has 0 saturated heterocycles. The van der Waals surface area contributed by atoms with Crippen LogP contribution in [0.15, 0.2) is 6.20 Å². The van der Waals surface area contributed by atoms with Gasteiger partial charge in [-0.3, -0.25) is 9.48 Å². The van der Waals surface area contributed by atoms with Crippen molar-refractivity contribution in [1.29, 1.82) is 0 Å². The lowest BCUT2D eigenvalue weighted by Crippen LogP contribution is -2.47. The molecule has 0 spiro atoms. The molecule has 2 atom stereocenters. The molecule has 0 radical (unpaired) electrons. The maximum absolute atomic E-state index is 11.8. The van der Waals surface area contributed by atoms with Crippen LogP contribution in [0.4, 0.5) is 0 Å². The topological polar surface area (TPSA) is 104 Å². The van der Waals surface area contributed by atoms with Crippen molar-refractivity contribution >= 4 is 11.9 Å². The predicted octanol–water partition coefficient (Wildman–Crippen LogP) is -0.708. The van der Waals surface area contributed by atoms with Crippen molar-refractivity contribution in [3.63, 3.8) is 0 Å². The summed E-state index contributed by atoms with van der Waals surface area (Å²) in [5, 5.41) is 24.3. The van der Waals surface area contributed by atoms with Gasteiger partial charge in [0.2, 0.25) is 0 Å². The normalized spacial score (nSPS) is 14.1. The Hall–Kier alpha value is -1.89. The summed E-state index contributed by atoms with van der Waals surface area (Å²) in [5.41, 5.74) is 0.791. The van der Waals surface area contributed by atoms with Gasteiger partial charge in [0.15, 0.2) is 6.04 Å². The number of nitrogens with zero attached hydrogens (tertiary/aromatic N) is 2. The van der Waals surface area contributed by atoms with Gasteiger partial charge >= 0.3 is 5.97 Å². The van der Waals surface area contributed by atoms with E-state index in [4.69, 9.17) is 5.11 Å². The van der Waals surface area contributed by atoms with Gasteiger partial charge in [0.05, 0.1) is 17.4 Å². The number of aromatic nitrogens is 2. The van der Waals surface area contributed by atoms with Crippen LogP contribution in [-0.4, -0.2) is 44.0 Å². The maximum Gasteiger partial charge on any atom is 0.328 e. The van der Waals surface area contributed by atoms with E-state index in [1.165, 1.54) is 17.8 Å². The molecular formula is C10H15N3O4. The number of rotatable bonds is 4. The fourth-order valence-corrected chi connectivity index (χ4v) is 1.43. The Labute approximate surface area is 98.1 Å². The van der Waals surface area contributed by atoms with Gasteiger partial charge in [-0.2, -0.15) is 5.10 Å². The fourth-order valence-electron chi connectivity index (χ4n) is 1.43. The lowest BCUT2D eigenvalue weighted by Gasteiger charge is -2.16. The first kappa shape index (κ1) is 13.2. The quantitative estimate of drug-likeness (QED) is 0.646. The highest BCUT2D eigenvalue weighted by Crippen LogP contribution is 2.05. The first-order valence-electron chi connectivity index (χ1n) is 5.05. The summed E-state index contributed by atoms with van der Waals surface area (Å²) in [4.78, 5) is 22.6. The van der Waals surface area contributed by atoms with Gasteiger partial charge in [-0.25, -0.2) is 4.79 Å². The monoisotopic (exact) mass is 241 g/mol. The number of carbonyl (C=O) groups excluding carboxylic acids is 1. The van der Waals surface area contributed by atoms with E-state index in [2.05, 4.69) is 10.4 Å². The fraction of sp³-hybridized carbons (Fsp3) is 0.500. The van der Waals surface area contributed by atoms with Gasteiger partial charge in [-0.15, -0.1) is 0 Å². The third-order valence-electron chi connectivity index (χ3n) is 2.29. The Bertz CT molecular complexity index is 439. The van der Waals surface area contributed by atoms with Gasteiger partial charge in [0.1, 0.15) is 0 Å². The number of aliphatic hydroxyl groups excluding tert-OH is 1. The molecular weight excluding hydrogens is 226 g/mol. The molecule has 0 aromatic carbocycles. The highest BCUT2D eigenvalue weighted by Gasteiger charge is 2.26. The van der Waals surface area contributed by atoms with Gasteiger partial charge in [0.25, 0.3) is 5.91 Å². The number of nitrogens with one attached hydrogen (secondary N) is 1. The number of aryl methyl sites for hydroxylation is 2. The number of hydrogen-bond acceptors (Lipinski definition) is 4. The van der Waals surface area contributed by atoms with E-state index >= 15 is 0 Å². The van der Waals surface area contributed by atoms with Crippen LogP contribution in [0.5, 0.6) is 0 Å². The van der Waals surface area contributed by atoms with E-state index in [0.717, 1.165) is 0 Å². The molecule has 0 aliphatic heterocycles. The summed E-state index contributed by atoms with van der Waals surface area (Å²) in [7, 11) is 1.66. The number of carboxylic acids is 1. The van der Waals surface area contributed by atoms with E-state index in [1.807, 2.05) is 0 Å². The number of aliphatic carboxylic acids is 1. The molecule has 7 heteroatoms. The molecule has 94 valence electrons. The lowest BCUT2D eigenvalue weighted by molar-refractivity contribution is -0.141. The molecule has 0 aliphatic carbocycles. The molecule has 1 aromatic rings. The second-order valence-corrected chi connectivity index (χ2v) is 3.83. The number of carbonyl (C=O) groups is 2. The zero-order valence-corrected chi connectivity index (χ0v) is 9.84. The Morgan fingerprint density at radius 1 is 1.53 bits per heavy atom. The van der Waals surface area contributed by atoms with Crippen molar-refractivity contribution in [2.45, 2.75) is 26.0 Å². The van der Waals surface area contributed by atoms with E-state index in [1.54, 1.807) is 14.0 Å². The van der Waals surface area contributed by atoms with Crippen molar-refractivity contribution in [2.75, 3.05) is 0 Å². The van der Waals surface area contributed by atoms with Crippen molar-refractivity contribution in [3.05, 3.63) is 17.5 Å². The minimum atomic E-state index is -1.33. The summed E-state index contributed by atoms with van der Waals surface area (Å²) in [5.74, 6) is -1.85. The summed E-state index contributed by atoms with van der Waals surface area (Å²) < 4.78 is 1.46. The van der Waals surface area contributed by atoms with E-state index < -0.39 is 24.0 Å². The number of amides is 1. The van der Waals surface area contributed by atoms with Crippen LogP contribution in [0.2, 0.25) is 0 Å². The van der Waals surface area contributed by atoms with Gasteiger partial charge < -0.3 is 15.5 Å². The standard InChI is InChI=1S/C10H15N3O4/c1-5-7(4-13(3)12-5)9(15)11-8(6(2)14)10(16)17/h4,6,8,14H,1-3H3,(H,11,15)(H,16,17). The zero-order chi connectivity index (χ0) is 13.2. The van der Waals surface area contributed by atoms with Crippen LogP contribution >= 0.6 is 0 Å². The van der Waals surface area contributed by atoms with Crippen LogP contribution in [0.3, 0.4) is 0 Å². The Balaban J connectivity index is 2.85. The summed E-state index contributed by atoms with van der Waals surface area (Å²) in [6.45, 7) is 2.95. The average Bonchev–Trinajstić information content (AvgIpc) is 2.53. The highest BCUT2D eigenvalue weighted by atomic mass is 16.4. The van der Waals surface area contributed by atoms with Gasteiger partial charge in [-0.05, 0) is 13.8 Å². The van der Waals surface area contributed by atoms with Crippen molar-refractivity contribution in [3.8, 4) is 0 Å². The third kappa shape index (κ3) is 3.04. The van der Waals surface area contributed by atoms with Crippen LogP contribution < -0.4 is 5.32 Å². The van der Waals surface area contributed by atoms with Crippen molar-refractivity contribution in [1.82, 2.24) is 15.1 Å². The molecule has 1 rings (SSSR count). The average molecular weight is 241 g/mol. The molecule has 1 aromatic heterocycles. The number of carboxylic acid groups (broad SMARTS) is 1. The smallest absolute Gasteiger partial charge is 0.328 e. The van der Waals surface area contributed by atoms with Gasteiger partial charge in [-0.1, -0.05) is 0 Å². The Morgan fingerprint density at radius 2 is 2.12 bits per heavy atom. The molecule has 1 heterocycles. The second-order valence-electron chi connectivity index (χ2n) is 3.83. The maximum atomic E-state index is 11.8. The van der Waals surface area contributed by atoms with Gasteiger partial charge in [0, 0.05) is 13.2 Å². The SMILES string of the molecule is Cc1nn(C)cc1C(=O)NC(C(=O)O)C(C)O. The second kappa shape index (κ2) is 4.96. The molecule has 0 aliphatic rings. The van der Waals surface area contributed by atoms with Crippen molar-refractivity contribution in [2.24, 2.45) is 7.05 Å². The van der Waals surface area contributed by atoms with Crippen molar-refractivity contribution < 1.29 is 19.8 Å². The first-order chi connectivity index (χ1) is 7.82. The van der Waals surface area contributed by atoms with E-state index in [0.29, 0.717) is 11.3 Å². The Kier molecular flexibility index (Phi) is 3.84. The molecule has 3 N–H and O–H groups in total. The third-order valence-corrected chi connectivity index (χ3v) is 2.29. The van der Waals surface area contributed by atoms with E-state index in [-0.39, 0.29) is 0 Å². The van der Waals surface area contributed by atoms with Crippen LogP contribution in [0, 0.1) is 6.92 Å². The number of aliphatic hydroxyl groups is 1. The largest absolute Gasteiger partial charge is 0.480 e. The summed E-state index contributed by atoms with van der Waals surface area (Å²) in [6.07, 6.45) is 0.319. The summed E-state index contributed by atoms with van der Waals surface area (Å²) >= 11 is 0. The minimum Gasteiger partial charge on any atom is -0.480 e. The first-order valence-corrected chi connectivity index (χ1v) is 5.05. The minimum absolute atomic E-state index is 0.291. The predicted molar refractivity (Wildman–Crippen MR) is 58.5 cm³/mol. The van der Waals surface area contributed by atoms with Crippen LogP contribution in [-0.2, 0) is 11.8 Å². The molecule has 17 heavy (non-hydrogen) atoms. The van der Waals surface area contributed by atoms with E-state index in [9.17, 15) is 14.7 Å². The highest BCUT2D eigenvalue weighted by molar-refractivity contribution is 5.97. The molecule has 0 saturated carbocycles. The molecule has 2 unspecified atom stereocenters. The summed E-state index contributed by atoms with van der Waals surface area (Å²) in [6, 6.07) is -1.33. The number of hydrogen-bond donors (Lipinski definition) is 3. The Morgan fingerprint density at radius 3 is 2.47 bits per heavy atom. The lowest BCUT2D eigenvalue weighted by atomic mass is 10.1. The molecule has 7 nitrogen and oxygen atoms in total. The molecule has 1 amide bonds. The van der Waals surface area contributed by atoms with Crippen LogP contribution in [0.25, 0.3) is 0 Å². The zero-order valence-electron chi connectivity index (χ0n) is 9.84. The van der Waals surface area contributed by atoms with Crippen LogP contribution in [0.1, 0.15) is 23.0 Å². The molecule has 0 bridgehead atoms. The molecule has 0 fully saturated rings.